The van der Waals surface area contributed by atoms with Gasteiger partial charge in [0.15, 0.2) is 0 Å². The van der Waals surface area contributed by atoms with E-state index in [0.717, 1.165) is 5.92 Å². The summed E-state index contributed by atoms with van der Waals surface area (Å²) in [5.74, 6) is 0.921. The van der Waals surface area contributed by atoms with E-state index in [1.807, 2.05) is 0 Å². The maximum atomic E-state index is 2.49. The lowest BCUT2D eigenvalue weighted by Gasteiger charge is -2.42. The second-order valence-electron chi connectivity index (χ2n) is 4.47. The van der Waals surface area contributed by atoms with E-state index in [9.17, 15) is 0 Å². The third-order valence-corrected chi connectivity index (χ3v) is 3.66. The third-order valence-electron chi connectivity index (χ3n) is 3.66. The second kappa shape index (κ2) is 2.66. The molecule has 0 aliphatic heterocycles. The summed E-state index contributed by atoms with van der Waals surface area (Å²) in [5.41, 5.74) is 0.688. The molecular weight excluding hydrogens is 132 g/mol. The molecule has 0 amide bonds. The summed E-state index contributed by atoms with van der Waals surface area (Å²) in [4.78, 5) is 0. The molecule has 0 radical (unpaired) electrons. The Balaban J connectivity index is 2.16. The van der Waals surface area contributed by atoms with Crippen LogP contribution in [0.25, 0.3) is 0 Å². The first-order valence-electron chi connectivity index (χ1n) is 4.98. The Kier molecular flexibility index (Phi) is 1.78. The topological polar surface area (TPSA) is 0 Å². The lowest BCUT2D eigenvalue weighted by Crippen LogP contribution is -2.31. The highest BCUT2D eigenvalue weighted by Crippen LogP contribution is 2.47. The normalized spacial score (nSPS) is 43.5. The van der Waals surface area contributed by atoms with Crippen LogP contribution in [0, 0.1) is 11.3 Å². The molecule has 0 aromatic heterocycles. The van der Waals surface area contributed by atoms with Gasteiger partial charge in [-0.1, -0.05) is 31.9 Å². The zero-order chi connectivity index (χ0) is 7.73. The van der Waals surface area contributed by atoms with Gasteiger partial charge in [-0.25, -0.2) is 0 Å². The highest BCUT2D eigenvalue weighted by atomic mass is 14.4. The van der Waals surface area contributed by atoms with E-state index < -0.39 is 0 Å². The average molecular weight is 150 g/mol. The zero-order valence-corrected chi connectivity index (χ0v) is 7.47. The van der Waals surface area contributed by atoms with Gasteiger partial charge in [-0.05, 0) is 37.0 Å². The molecule has 0 bridgehead atoms. The van der Waals surface area contributed by atoms with Crippen molar-refractivity contribution in [3.05, 3.63) is 12.2 Å². The molecule has 2 aliphatic carbocycles. The van der Waals surface area contributed by atoms with E-state index >= 15 is 0 Å². The predicted octanol–water partition coefficient (Wildman–Crippen LogP) is 3.53. The first-order valence-corrected chi connectivity index (χ1v) is 4.98. The summed E-state index contributed by atoms with van der Waals surface area (Å²) < 4.78 is 0. The van der Waals surface area contributed by atoms with Crippen molar-refractivity contribution < 1.29 is 0 Å². The van der Waals surface area contributed by atoms with Crippen LogP contribution in [-0.2, 0) is 0 Å². The van der Waals surface area contributed by atoms with Crippen LogP contribution in [0.2, 0.25) is 0 Å². The molecule has 0 nitrogen and oxygen atoms in total. The standard InChI is InChI=1S/C11H18/c1-11-8-4-2-6-10(11)7-3-5-9-11/h2,6,10H,3-5,7-9H2,1H3/t10-,11-/m1/s1. The van der Waals surface area contributed by atoms with E-state index in [4.69, 9.17) is 0 Å². The molecule has 62 valence electrons. The number of hydrogen-bond donors (Lipinski definition) is 0. The summed E-state index contributed by atoms with van der Waals surface area (Å²) in [6, 6.07) is 0. The van der Waals surface area contributed by atoms with E-state index in [-0.39, 0.29) is 0 Å². The van der Waals surface area contributed by atoms with Gasteiger partial charge in [-0.3, -0.25) is 0 Å². The number of hydrogen-bond acceptors (Lipinski definition) is 0. The molecule has 2 rings (SSSR count). The lowest BCUT2D eigenvalue weighted by atomic mass is 9.63. The van der Waals surface area contributed by atoms with Crippen molar-refractivity contribution in [2.45, 2.75) is 45.4 Å². The van der Waals surface area contributed by atoms with Gasteiger partial charge < -0.3 is 0 Å². The van der Waals surface area contributed by atoms with Crippen molar-refractivity contribution in [2.75, 3.05) is 0 Å². The molecule has 0 spiro atoms. The fourth-order valence-electron chi connectivity index (χ4n) is 2.74. The molecule has 0 heteroatoms. The molecule has 2 aliphatic rings. The highest BCUT2D eigenvalue weighted by molar-refractivity contribution is 5.03. The van der Waals surface area contributed by atoms with Crippen LogP contribution in [0.15, 0.2) is 12.2 Å². The van der Waals surface area contributed by atoms with Gasteiger partial charge in [0, 0.05) is 0 Å². The van der Waals surface area contributed by atoms with Gasteiger partial charge in [0.2, 0.25) is 0 Å². The molecular formula is C11H18. The minimum Gasteiger partial charge on any atom is -0.0882 e. The fourth-order valence-corrected chi connectivity index (χ4v) is 2.74. The van der Waals surface area contributed by atoms with Crippen LogP contribution >= 0.6 is 0 Å². The fraction of sp³-hybridized carbons (Fsp3) is 0.818. The molecule has 0 saturated heterocycles. The first kappa shape index (κ1) is 7.39. The van der Waals surface area contributed by atoms with Gasteiger partial charge in [-0.15, -0.1) is 0 Å². The summed E-state index contributed by atoms with van der Waals surface area (Å²) in [7, 11) is 0. The third kappa shape index (κ3) is 1.23. The summed E-state index contributed by atoms with van der Waals surface area (Å²) >= 11 is 0. The number of allylic oxidation sites excluding steroid dienone is 2. The van der Waals surface area contributed by atoms with E-state index in [1.165, 1.54) is 38.5 Å². The van der Waals surface area contributed by atoms with Crippen molar-refractivity contribution in [1.29, 1.82) is 0 Å². The maximum Gasteiger partial charge on any atom is -0.0179 e. The largest absolute Gasteiger partial charge is 0.0882 e. The predicted molar refractivity (Wildman–Crippen MR) is 48.4 cm³/mol. The summed E-state index contributed by atoms with van der Waals surface area (Å²) in [6.07, 6.45) is 13.5. The van der Waals surface area contributed by atoms with E-state index in [2.05, 4.69) is 19.1 Å². The van der Waals surface area contributed by atoms with Gasteiger partial charge in [-0.2, -0.15) is 0 Å². The van der Waals surface area contributed by atoms with Crippen LogP contribution in [0.3, 0.4) is 0 Å². The van der Waals surface area contributed by atoms with Crippen LogP contribution in [-0.4, -0.2) is 0 Å². The van der Waals surface area contributed by atoms with Gasteiger partial charge in [0.1, 0.15) is 0 Å². The molecule has 1 saturated carbocycles. The molecule has 0 aromatic rings. The smallest absolute Gasteiger partial charge is 0.0179 e. The van der Waals surface area contributed by atoms with Crippen LogP contribution in [0.4, 0.5) is 0 Å². The Morgan fingerprint density at radius 1 is 1.27 bits per heavy atom. The van der Waals surface area contributed by atoms with E-state index in [0.29, 0.717) is 5.41 Å². The Labute approximate surface area is 69.7 Å². The van der Waals surface area contributed by atoms with Crippen molar-refractivity contribution in [3.8, 4) is 0 Å². The number of rotatable bonds is 0. The molecule has 1 fully saturated rings. The molecule has 0 aromatic carbocycles. The summed E-state index contributed by atoms with van der Waals surface area (Å²) in [5, 5.41) is 0. The SMILES string of the molecule is C[C@]12CCC=C[C@@H]1CCCC2. The molecule has 2 atom stereocenters. The second-order valence-corrected chi connectivity index (χ2v) is 4.47. The van der Waals surface area contributed by atoms with Crippen LogP contribution < -0.4 is 0 Å². The van der Waals surface area contributed by atoms with Crippen LogP contribution in [0.5, 0.6) is 0 Å². The average Bonchev–Trinajstić information content (AvgIpc) is 2.03. The van der Waals surface area contributed by atoms with Crippen molar-refractivity contribution in [2.24, 2.45) is 11.3 Å². The Hall–Kier alpha value is -0.260. The minimum absolute atomic E-state index is 0.688. The lowest BCUT2D eigenvalue weighted by molar-refractivity contribution is 0.132. The summed E-state index contributed by atoms with van der Waals surface area (Å²) in [6.45, 7) is 2.49. The highest BCUT2D eigenvalue weighted by Gasteiger charge is 2.35. The maximum absolute atomic E-state index is 2.49. The van der Waals surface area contributed by atoms with Gasteiger partial charge in [0.05, 0.1) is 0 Å². The quantitative estimate of drug-likeness (QED) is 0.463. The molecule has 0 unspecified atom stereocenters. The van der Waals surface area contributed by atoms with Gasteiger partial charge in [0.25, 0.3) is 0 Å². The Bertz CT molecular complexity index is 169. The van der Waals surface area contributed by atoms with Crippen molar-refractivity contribution in [3.63, 3.8) is 0 Å². The van der Waals surface area contributed by atoms with Crippen molar-refractivity contribution >= 4 is 0 Å². The monoisotopic (exact) mass is 150 g/mol. The molecule has 0 heterocycles. The molecule has 0 N–H and O–H groups in total. The molecule has 11 heavy (non-hydrogen) atoms. The number of fused-ring (bicyclic) bond motifs is 1. The Morgan fingerprint density at radius 2 is 2.18 bits per heavy atom. The van der Waals surface area contributed by atoms with Gasteiger partial charge >= 0.3 is 0 Å². The minimum atomic E-state index is 0.688. The zero-order valence-electron chi connectivity index (χ0n) is 7.47. The van der Waals surface area contributed by atoms with E-state index in [1.54, 1.807) is 0 Å². The first-order chi connectivity index (χ1) is 5.31. The Morgan fingerprint density at radius 3 is 3.00 bits per heavy atom. The van der Waals surface area contributed by atoms with Crippen molar-refractivity contribution in [1.82, 2.24) is 0 Å². The van der Waals surface area contributed by atoms with Crippen LogP contribution in [0.1, 0.15) is 45.4 Å².